The van der Waals surface area contributed by atoms with Crippen molar-refractivity contribution in [2.24, 2.45) is 0 Å². The van der Waals surface area contributed by atoms with Crippen molar-refractivity contribution in [2.75, 3.05) is 7.11 Å². The van der Waals surface area contributed by atoms with Crippen molar-refractivity contribution >= 4 is 28.2 Å². The van der Waals surface area contributed by atoms with E-state index in [1.54, 1.807) is 10.1 Å². The number of fused-ring (bicyclic) bond motifs is 1. The number of nitrogens with zero attached hydrogens (tertiary/aromatic N) is 2. The number of rotatable bonds is 8. The van der Waals surface area contributed by atoms with E-state index in [4.69, 9.17) is 4.74 Å². The Balaban J connectivity index is 1.88. The Hall–Kier alpha value is -4.44. The van der Waals surface area contributed by atoms with Crippen LogP contribution in [0.1, 0.15) is 42.0 Å². The van der Waals surface area contributed by atoms with Crippen molar-refractivity contribution < 1.29 is 33.6 Å². The van der Waals surface area contributed by atoms with Gasteiger partial charge in [0.05, 0.1) is 29.2 Å². The molecule has 5 aromatic rings. The minimum absolute atomic E-state index is 0.0174. The Morgan fingerprint density at radius 1 is 1.07 bits per heavy atom. The molecule has 0 aliphatic heterocycles. The first-order valence-electron chi connectivity index (χ1n) is 12.4. The first-order chi connectivity index (χ1) is 19.0. The van der Waals surface area contributed by atoms with Gasteiger partial charge in [0.25, 0.3) is 0 Å². The molecule has 3 N–H and O–H groups in total. The molecule has 2 heterocycles. The van der Waals surface area contributed by atoms with E-state index < -0.39 is 28.8 Å². The van der Waals surface area contributed by atoms with Crippen molar-refractivity contribution in [3.63, 3.8) is 0 Å². The average Bonchev–Trinajstić information content (AvgIpc) is 3.54. The molecule has 0 fully saturated rings. The third-order valence-electron chi connectivity index (χ3n) is 7.05. The standard InChI is InChI=1S/C30H26F2N2O5S/c1-30(2,9-8-18-14-40-15-33-18)28-26(16-4-6-20(29(37)38)23(35)10-16)27-22(11-17(31)12-24(27)36)34(28)19-5-7-21(32)25(13-19)39-3/h4-7,10-15,35-36H,8-9H2,1-3H3,(H,37,38). The molecule has 0 bridgehead atoms. The van der Waals surface area contributed by atoms with E-state index in [0.29, 0.717) is 46.3 Å². The number of ether oxygens (including phenoxy) is 1. The van der Waals surface area contributed by atoms with Gasteiger partial charge in [0, 0.05) is 39.9 Å². The number of carboxylic acids is 1. The molecular weight excluding hydrogens is 538 g/mol. The van der Waals surface area contributed by atoms with Crippen molar-refractivity contribution in [1.29, 1.82) is 0 Å². The van der Waals surface area contributed by atoms with E-state index >= 15 is 0 Å². The molecule has 2 aromatic heterocycles. The summed E-state index contributed by atoms with van der Waals surface area (Å²) in [4.78, 5) is 16.0. The van der Waals surface area contributed by atoms with E-state index in [9.17, 15) is 28.9 Å². The van der Waals surface area contributed by atoms with Crippen molar-refractivity contribution in [2.45, 2.75) is 32.1 Å². The molecule has 0 aliphatic carbocycles. The van der Waals surface area contributed by atoms with E-state index in [1.807, 2.05) is 19.2 Å². The number of hydrogen-bond acceptors (Lipinski definition) is 6. The van der Waals surface area contributed by atoms with Crippen LogP contribution in [-0.2, 0) is 11.8 Å². The number of hydrogen-bond donors (Lipinski definition) is 3. The van der Waals surface area contributed by atoms with Gasteiger partial charge >= 0.3 is 5.97 Å². The highest BCUT2D eigenvalue weighted by Gasteiger charge is 2.34. The molecule has 0 saturated heterocycles. The van der Waals surface area contributed by atoms with E-state index in [-0.39, 0.29) is 17.1 Å². The fraction of sp³-hybridized carbons (Fsp3) is 0.200. The van der Waals surface area contributed by atoms with Gasteiger partial charge in [0.1, 0.15) is 22.9 Å². The number of phenolic OH excluding ortho intramolecular Hbond substituents is 1. The summed E-state index contributed by atoms with van der Waals surface area (Å²) in [5.74, 6) is -3.36. The molecule has 0 aliphatic rings. The predicted molar refractivity (Wildman–Crippen MR) is 149 cm³/mol. The summed E-state index contributed by atoms with van der Waals surface area (Å²) < 4.78 is 36.2. The number of carbonyl (C=O) groups is 1. The molecule has 0 saturated carbocycles. The van der Waals surface area contributed by atoms with E-state index in [1.165, 1.54) is 60.9 Å². The first kappa shape index (κ1) is 27.1. The van der Waals surface area contributed by atoms with Crippen LogP contribution in [0.5, 0.6) is 17.2 Å². The largest absolute Gasteiger partial charge is 0.507 e. The highest BCUT2D eigenvalue weighted by molar-refractivity contribution is 7.07. The molecule has 7 nitrogen and oxygen atoms in total. The zero-order valence-electron chi connectivity index (χ0n) is 21.9. The number of phenols is 2. The molecule has 0 atom stereocenters. The minimum Gasteiger partial charge on any atom is -0.507 e. The van der Waals surface area contributed by atoms with Crippen molar-refractivity contribution in [1.82, 2.24) is 9.55 Å². The lowest BCUT2D eigenvalue weighted by molar-refractivity contribution is 0.0693. The lowest BCUT2D eigenvalue weighted by atomic mass is 9.80. The second kappa shape index (κ2) is 10.3. The zero-order chi connectivity index (χ0) is 28.8. The predicted octanol–water partition coefficient (Wildman–Crippen LogP) is 7.06. The first-order valence-corrected chi connectivity index (χ1v) is 13.3. The number of thiazole rings is 1. The lowest BCUT2D eigenvalue weighted by Gasteiger charge is -2.29. The summed E-state index contributed by atoms with van der Waals surface area (Å²) in [5, 5.41) is 33.4. The molecular formula is C30H26F2N2O5S. The Kier molecular flexibility index (Phi) is 6.97. The number of aryl methyl sites for hydroxylation is 1. The Bertz CT molecular complexity index is 1750. The van der Waals surface area contributed by atoms with Crippen LogP contribution in [0, 0.1) is 11.6 Å². The van der Waals surface area contributed by atoms with Gasteiger partial charge < -0.3 is 24.6 Å². The molecule has 206 valence electrons. The smallest absolute Gasteiger partial charge is 0.339 e. The lowest BCUT2D eigenvalue weighted by Crippen LogP contribution is -2.23. The normalized spacial score (nSPS) is 11.7. The Morgan fingerprint density at radius 2 is 1.85 bits per heavy atom. The van der Waals surface area contributed by atoms with Gasteiger partial charge in [-0.1, -0.05) is 19.9 Å². The number of benzene rings is 3. The van der Waals surface area contributed by atoms with Gasteiger partial charge in [-0.05, 0) is 48.7 Å². The fourth-order valence-electron chi connectivity index (χ4n) is 5.13. The van der Waals surface area contributed by atoms with Crippen molar-refractivity contribution in [3.8, 4) is 34.1 Å². The van der Waals surface area contributed by atoms with Crippen LogP contribution < -0.4 is 4.74 Å². The number of aromatic nitrogens is 2. The molecule has 3 aromatic carbocycles. The Morgan fingerprint density at radius 3 is 2.50 bits per heavy atom. The molecule has 10 heteroatoms. The summed E-state index contributed by atoms with van der Waals surface area (Å²) in [5.41, 5.74) is 4.01. The van der Waals surface area contributed by atoms with Crippen molar-refractivity contribution in [3.05, 3.63) is 88.0 Å². The molecule has 0 amide bonds. The quantitative estimate of drug-likeness (QED) is 0.186. The topological polar surface area (TPSA) is 105 Å². The SMILES string of the molecule is COc1cc(-n2c(C(C)(C)CCc3cscn3)c(-c3ccc(C(=O)O)c(O)c3)c3c(O)cc(F)cc32)ccc1F. The average molecular weight is 565 g/mol. The third kappa shape index (κ3) is 4.75. The number of aromatic carboxylic acids is 1. The van der Waals surface area contributed by atoms with Crippen LogP contribution in [0.2, 0.25) is 0 Å². The van der Waals surface area contributed by atoms with Crippen LogP contribution in [0.3, 0.4) is 0 Å². The maximum Gasteiger partial charge on any atom is 0.339 e. The monoisotopic (exact) mass is 564 g/mol. The molecule has 40 heavy (non-hydrogen) atoms. The van der Waals surface area contributed by atoms with Gasteiger partial charge in [-0.25, -0.2) is 18.6 Å². The number of carboxylic acid groups (broad SMARTS) is 1. The van der Waals surface area contributed by atoms with E-state index in [0.717, 1.165) is 11.8 Å². The summed E-state index contributed by atoms with van der Waals surface area (Å²) in [6, 6.07) is 10.7. The van der Waals surface area contributed by atoms with Gasteiger partial charge in [-0.15, -0.1) is 11.3 Å². The summed E-state index contributed by atoms with van der Waals surface area (Å²) in [7, 11) is 1.35. The second-order valence-electron chi connectivity index (χ2n) is 10.1. The van der Waals surface area contributed by atoms with Gasteiger partial charge in [-0.3, -0.25) is 0 Å². The summed E-state index contributed by atoms with van der Waals surface area (Å²) in [6.07, 6.45) is 1.20. The molecule has 0 spiro atoms. The highest BCUT2D eigenvalue weighted by Crippen LogP contribution is 2.48. The Labute approximate surface area is 232 Å². The second-order valence-corrected chi connectivity index (χ2v) is 10.8. The number of aromatic hydroxyl groups is 2. The van der Waals surface area contributed by atoms with Crippen LogP contribution >= 0.6 is 11.3 Å². The molecule has 5 rings (SSSR count). The van der Waals surface area contributed by atoms with Crippen LogP contribution in [-0.4, -0.2) is 37.9 Å². The maximum atomic E-state index is 14.8. The van der Waals surface area contributed by atoms with Gasteiger partial charge in [0.2, 0.25) is 0 Å². The van der Waals surface area contributed by atoms with Crippen LogP contribution in [0.25, 0.3) is 27.7 Å². The van der Waals surface area contributed by atoms with Crippen LogP contribution in [0.15, 0.2) is 59.4 Å². The summed E-state index contributed by atoms with van der Waals surface area (Å²) in [6.45, 7) is 3.99. The number of halogens is 2. The summed E-state index contributed by atoms with van der Waals surface area (Å²) >= 11 is 1.49. The van der Waals surface area contributed by atoms with Gasteiger partial charge in [0.15, 0.2) is 11.6 Å². The molecule has 0 unspecified atom stereocenters. The number of methoxy groups -OCH3 is 1. The third-order valence-corrected chi connectivity index (χ3v) is 7.69. The van der Waals surface area contributed by atoms with Crippen LogP contribution in [0.4, 0.5) is 8.78 Å². The van der Waals surface area contributed by atoms with E-state index in [2.05, 4.69) is 4.98 Å². The zero-order valence-corrected chi connectivity index (χ0v) is 22.7. The molecule has 0 radical (unpaired) electrons. The fourth-order valence-corrected chi connectivity index (χ4v) is 5.72. The minimum atomic E-state index is -1.29. The highest BCUT2D eigenvalue weighted by atomic mass is 32.1. The maximum absolute atomic E-state index is 14.8. The van der Waals surface area contributed by atoms with Gasteiger partial charge in [-0.2, -0.15) is 0 Å².